The Morgan fingerprint density at radius 2 is 2.08 bits per heavy atom. The number of aromatic nitrogens is 3. The molecule has 0 aliphatic rings. The molecular formula is C7H11N3O2. The van der Waals surface area contributed by atoms with Crippen LogP contribution in [0.15, 0.2) is 9.59 Å². The molecule has 0 saturated heterocycles. The molecular weight excluding hydrogens is 158 g/mol. The fourth-order valence-corrected chi connectivity index (χ4v) is 0.897. The van der Waals surface area contributed by atoms with Gasteiger partial charge in [-0.25, -0.2) is 9.89 Å². The number of rotatable bonds is 2. The second-order valence-corrected chi connectivity index (χ2v) is 3.05. The lowest BCUT2D eigenvalue weighted by Crippen LogP contribution is -2.28. The fraction of sp³-hybridized carbons (Fsp3) is 0.571. The van der Waals surface area contributed by atoms with Crippen molar-refractivity contribution in [1.29, 1.82) is 0 Å². The van der Waals surface area contributed by atoms with Gasteiger partial charge in [-0.15, -0.1) is 0 Å². The molecule has 0 aromatic carbocycles. The van der Waals surface area contributed by atoms with E-state index in [9.17, 15) is 9.59 Å². The molecule has 1 heterocycles. The van der Waals surface area contributed by atoms with Crippen molar-refractivity contribution in [3.8, 4) is 0 Å². The molecule has 0 radical (unpaired) electrons. The van der Waals surface area contributed by atoms with Crippen molar-refractivity contribution in [1.82, 2.24) is 15.2 Å². The number of nitrogens with zero attached hydrogens (tertiary/aromatic N) is 1. The minimum atomic E-state index is -0.562. The highest BCUT2D eigenvalue weighted by atomic mass is 16.2. The van der Waals surface area contributed by atoms with Gasteiger partial charge >= 0.3 is 5.69 Å². The number of aromatic amines is 2. The zero-order valence-corrected chi connectivity index (χ0v) is 7.05. The zero-order chi connectivity index (χ0) is 9.14. The van der Waals surface area contributed by atoms with Crippen LogP contribution in [0.4, 0.5) is 0 Å². The lowest BCUT2D eigenvalue weighted by atomic mass is 10.1. The third kappa shape index (κ3) is 2.05. The second kappa shape index (κ2) is 3.34. The SMILES string of the molecule is CC(C)Cc1n[nH]c(=O)[nH]c1=O. The molecule has 0 spiro atoms. The Labute approximate surface area is 68.8 Å². The van der Waals surface area contributed by atoms with Crippen LogP contribution < -0.4 is 11.2 Å². The molecule has 0 aliphatic carbocycles. The molecule has 1 aromatic rings. The van der Waals surface area contributed by atoms with E-state index in [2.05, 4.69) is 15.2 Å². The van der Waals surface area contributed by atoms with Gasteiger partial charge in [-0.05, 0) is 12.3 Å². The first kappa shape index (κ1) is 8.70. The van der Waals surface area contributed by atoms with Crippen LogP contribution in [0.1, 0.15) is 19.5 Å². The first-order chi connectivity index (χ1) is 5.59. The van der Waals surface area contributed by atoms with Gasteiger partial charge in [-0.2, -0.15) is 5.10 Å². The monoisotopic (exact) mass is 169 g/mol. The second-order valence-electron chi connectivity index (χ2n) is 3.05. The summed E-state index contributed by atoms with van der Waals surface area (Å²) in [6, 6.07) is 0. The van der Waals surface area contributed by atoms with Crippen LogP contribution >= 0.6 is 0 Å². The maximum Gasteiger partial charge on any atom is 0.342 e. The maximum absolute atomic E-state index is 11.0. The highest BCUT2D eigenvalue weighted by Crippen LogP contribution is 1.97. The van der Waals surface area contributed by atoms with Gasteiger partial charge in [-0.3, -0.25) is 9.78 Å². The van der Waals surface area contributed by atoms with Gasteiger partial charge in [0.05, 0.1) is 0 Å². The predicted octanol–water partition coefficient (Wildman–Crippen LogP) is -0.343. The molecule has 0 aliphatic heterocycles. The van der Waals surface area contributed by atoms with Crippen molar-refractivity contribution in [2.24, 2.45) is 5.92 Å². The van der Waals surface area contributed by atoms with E-state index in [-0.39, 0.29) is 0 Å². The molecule has 0 fully saturated rings. The minimum Gasteiger partial charge on any atom is -0.271 e. The summed E-state index contributed by atoms with van der Waals surface area (Å²) in [4.78, 5) is 23.7. The van der Waals surface area contributed by atoms with E-state index in [0.29, 0.717) is 18.0 Å². The normalized spacial score (nSPS) is 10.6. The van der Waals surface area contributed by atoms with E-state index in [1.165, 1.54) is 0 Å². The smallest absolute Gasteiger partial charge is 0.271 e. The van der Waals surface area contributed by atoms with E-state index in [1.54, 1.807) is 0 Å². The molecule has 0 bridgehead atoms. The highest BCUT2D eigenvalue weighted by Gasteiger charge is 2.03. The van der Waals surface area contributed by atoms with E-state index in [4.69, 9.17) is 0 Å². The molecule has 0 unspecified atom stereocenters. The van der Waals surface area contributed by atoms with Gasteiger partial charge in [-0.1, -0.05) is 13.8 Å². The van der Waals surface area contributed by atoms with Gasteiger partial charge in [0.2, 0.25) is 0 Å². The van der Waals surface area contributed by atoms with Crippen molar-refractivity contribution >= 4 is 0 Å². The Morgan fingerprint density at radius 1 is 1.42 bits per heavy atom. The van der Waals surface area contributed by atoms with E-state index >= 15 is 0 Å². The molecule has 1 aromatic heterocycles. The van der Waals surface area contributed by atoms with Crippen molar-refractivity contribution in [2.45, 2.75) is 20.3 Å². The van der Waals surface area contributed by atoms with E-state index in [1.807, 2.05) is 13.8 Å². The van der Waals surface area contributed by atoms with Gasteiger partial charge in [0.1, 0.15) is 5.69 Å². The molecule has 5 nitrogen and oxygen atoms in total. The molecule has 0 amide bonds. The van der Waals surface area contributed by atoms with Crippen LogP contribution in [0.3, 0.4) is 0 Å². The van der Waals surface area contributed by atoms with Crippen molar-refractivity contribution in [2.75, 3.05) is 0 Å². The van der Waals surface area contributed by atoms with Crippen molar-refractivity contribution in [3.05, 3.63) is 26.5 Å². The minimum absolute atomic E-state index is 0.351. The molecule has 66 valence electrons. The largest absolute Gasteiger partial charge is 0.342 e. The summed E-state index contributed by atoms with van der Waals surface area (Å²) >= 11 is 0. The average molecular weight is 169 g/mol. The van der Waals surface area contributed by atoms with E-state index in [0.717, 1.165) is 0 Å². The topological polar surface area (TPSA) is 78.6 Å². The van der Waals surface area contributed by atoms with Crippen LogP contribution in [0, 0.1) is 5.92 Å². The van der Waals surface area contributed by atoms with Crippen LogP contribution in [-0.4, -0.2) is 15.2 Å². The quantitative estimate of drug-likeness (QED) is 0.635. The Bertz CT molecular complexity index is 363. The average Bonchev–Trinajstić information content (AvgIpc) is 1.94. The van der Waals surface area contributed by atoms with Crippen LogP contribution in [0.5, 0.6) is 0 Å². The van der Waals surface area contributed by atoms with Crippen LogP contribution in [0.25, 0.3) is 0 Å². The fourth-order valence-electron chi connectivity index (χ4n) is 0.897. The number of hydrogen-bond acceptors (Lipinski definition) is 3. The molecule has 0 atom stereocenters. The predicted molar refractivity (Wildman–Crippen MR) is 44.0 cm³/mol. The molecule has 1 rings (SSSR count). The summed E-state index contributed by atoms with van der Waals surface area (Å²) in [5.41, 5.74) is -0.579. The Balaban J connectivity index is 3.02. The van der Waals surface area contributed by atoms with Crippen molar-refractivity contribution in [3.63, 3.8) is 0 Å². The molecule has 0 saturated carbocycles. The Morgan fingerprint density at radius 3 is 2.58 bits per heavy atom. The summed E-state index contributed by atoms with van der Waals surface area (Å²) in [5.74, 6) is 0.351. The third-order valence-electron chi connectivity index (χ3n) is 1.38. The maximum atomic E-state index is 11.0. The summed E-state index contributed by atoms with van der Waals surface area (Å²) in [5, 5.41) is 5.82. The van der Waals surface area contributed by atoms with Crippen molar-refractivity contribution < 1.29 is 0 Å². The zero-order valence-electron chi connectivity index (χ0n) is 7.05. The third-order valence-corrected chi connectivity index (χ3v) is 1.38. The standard InChI is InChI=1S/C7H11N3O2/c1-4(2)3-5-6(11)8-7(12)10-9-5/h4H,3H2,1-2H3,(H2,8,10,11,12). The summed E-state index contributed by atoms with van der Waals surface area (Å²) in [7, 11) is 0. The number of H-pyrrole nitrogens is 2. The first-order valence-electron chi connectivity index (χ1n) is 3.77. The number of nitrogens with one attached hydrogen (secondary N) is 2. The first-order valence-corrected chi connectivity index (χ1v) is 3.77. The molecule has 2 N–H and O–H groups in total. The van der Waals surface area contributed by atoms with Gasteiger partial charge in [0, 0.05) is 0 Å². The summed E-state index contributed by atoms with van der Waals surface area (Å²) < 4.78 is 0. The lowest BCUT2D eigenvalue weighted by Gasteiger charge is -2.00. The van der Waals surface area contributed by atoms with Gasteiger partial charge < -0.3 is 0 Å². The van der Waals surface area contributed by atoms with Gasteiger partial charge in [0.25, 0.3) is 5.56 Å². The Kier molecular flexibility index (Phi) is 2.42. The van der Waals surface area contributed by atoms with Crippen LogP contribution in [0.2, 0.25) is 0 Å². The molecule has 12 heavy (non-hydrogen) atoms. The lowest BCUT2D eigenvalue weighted by molar-refractivity contribution is 0.615. The van der Waals surface area contributed by atoms with Crippen LogP contribution in [-0.2, 0) is 6.42 Å². The van der Waals surface area contributed by atoms with E-state index < -0.39 is 11.2 Å². The number of hydrogen-bond donors (Lipinski definition) is 2. The Hall–Kier alpha value is -1.39. The van der Waals surface area contributed by atoms with Gasteiger partial charge in [0.15, 0.2) is 0 Å². The molecule has 5 heteroatoms. The summed E-state index contributed by atoms with van der Waals surface area (Å²) in [6.07, 6.45) is 0.576. The summed E-state index contributed by atoms with van der Waals surface area (Å²) in [6.45, 7) is 3.96. The highest BCUT2D eigenvalue weighted by molar-refractivity contribution is 4.92.